The summed E-state index contributed by atoms with van der Waals surface area (Å²) in [4.78, 5) is 0. The summed E-state index contributed by atoms with van der Waals surface area (Å²) in [5.41, 5.74) is 2.65. The van der Waals surface area contributed by atoms with Gasteiger partial charge in [0.25, 0.3) is 0 Å². The Labute approximate surface area is 112 Å². The largest absolute Gasteiger partial charge is 0.388 e. The van der Waals surface area contributed by atoms with Gasteiger partial charge in [-0.2, -0.15) is 0 Å². The van der Waals surface area contributed by atoms with E-state index in [2.05, 4.69) is 46.4 Å². The highest BCUT2D eigenvalue weighted by Crippen LogP contribution is 2.50. The molecule has 0 amide bonds. The lowest BCUT2D eigenvalue weighted by Gasteiger charge is -2.09. The van der Waals surface area contributed by atoms with Gasteiger partial charge in [0.1, 0.15) is 0 Å². The number of allylic oxidation sites excluding steroid dienone is 7. The predicted octanol–water partition coefficient (Wildman–Crippen LogP) is 3.78. The summed E-state index contributed by atoms with van der Waals surface area (Å²) in [6, 6.07) is 0. The van der Waals surface area contributed by atoms with Crippen molar-refractivity contribution in [3.8, 4) is 0 Å². The van der Waals surface area contributed by atoms with Gasteiger partial charge in [-0.25, -0.2) is 0 Å². The minimum Gasteiger partial charge on any atom is -0.388 e. The highest BCUT2D eigenvalue weighted by atomic mass is 16.5. The molecule has 102 valence electrons. The predicted molar refractivity (Wildman–Crippen MR) is 78.6 cm³/mol. The Kier molecular flexibility index (Phi) is 9.25. The third kappa shape index (κ3) is 5.99. The first kappa shape index (κ1) is 16.9. The monoisotopic (exact) mass is 250 g/mol. The van der Waals surface area contributed by atoms with Gasteiger partial charge in [0.15, 0.2) is 0 Å². The molecule has 2 unspecified atom stereocenters. The molecule has 18 heavy (non-hydrogen) atoms. The Morgan fingerprint density at radius 3 is 2.28 bits per heavy atom. The van der Waals surface area contributed by atoms with Crippen molar-refractivity contribution in [3.05, 3.63) is 48.1 Å². The van der Waals surface area contributed by atoms with Crippen LogP contribution in [0.15, 0.2) is 48.1 Å². The maximum absolute atomic E-state index is 4.25. The average molecular weight is 250 g/mol. The summed E-state index contributed by atoms with van der Waals surface area (Å²) in [6.07, 6.45) is 12.2. The van der Waals surface area contributed by atoms with Crippen LogP contribution in [0.4, 0.5) is 0 Å². The number of methoxy groups -OCH3 is 2. The van der Waals surface area contributed by atoms with E-state index in [0.29, 0.717) is 0 Å². The molecule has 0 radical (unpaired) electrons. The summed E-state index contributed by atoms with van der Waals surface area (Å²) in [5, 5.41) is 0. The fourth-order valence-corrected chi connectivity index (χ4v) is 1.79. The molecule has 0 aromatic heterocycles. The van der Waals surface area contributed by atoms with Crippen LogP contribution in [-0.4, -0.2) is 28.4 Å². The normalized spacial score (nSPS) is 26.1. The zero-order chi connectivity index (χ0) is 14.0. The number of hydrogen-bond donors (Lipinski definition) is 0. The van der Waals surface area contributed by atoms with Gasteiger partial charge in [-0.3, -0.25) is 0 Å². The fraction of sp³-hybridized carbons (Fsp3) is 0.500. The first-order chi connectivity index (χ1) is 8.65. The first-order valence-electron chi connectivity index (χ1n) is 6.16. The molecule has 0 aromatic rings. The lowest BCUT2D eigenvalue weighted by Crippen LogP contribution is -1.94. The molecule has 1 saturated carbocycles. The van der Waals surface area contributed by atoms with Gasteiger partial charge in [0, 0.05) is 28.4 Å². The molecule has 2 rings (SSSR count). The summed E-state index contributed by atoms with van der Waals surface area (Å²) in [6.45, 7) is 6.08. The second-order valence-electron chi connectivity index (χ2n) is 4.35. The molecule has 0 heterocycles. The Hall–Kier alpha value is -1.12. The summed E-state index contributed by atoms with van der Waals surface area (Å²) < 4.78 is 8.50. The van der Waals surface area contributed by atoms with E-state index in [0.717, 1.165) is 11.8 Å². The molecule has 2 heteroatoms. The number of rotatable bonds is 1. The number of hydrogen-bond acceptors (Lipinski definition) is 2. The van der Waals surface area contributed by atoms with Crippen molar-refractivity contribution in [2.75, 3.05) is 28.4 Å². The molecular weight excluding hydrogens is 224 g/mol. The van der Waals surface area contributed by atoms with Gasteiger partial charge in [0.2, 0.25) is 0 Å². The first-order valence-corrected chi connectivity index (χ1v) is 6.16. The van der Waals surface area contributed by atoms with Gasteiger partial charge >= 0.3 is 0 Å². The summed E-state index contributed by atoms with van der Waals surface area (Å²) in [7, 11) is 6.50. The second-order valence-corrected chi connectivity index (χ2v) is 4.35. The zero-order valence-corrected chi connectivity index (χ0v) is 12.3. The van der Waals surface area contributed by atoms with Crippen molar-refractivity contribution in [1.29, 1.82) is 0 Å². The Balaban J connectivity index is 0.000000414. The maximum Gasteiger partial charge on any atom is 0.0351 e. The van der Waals surface area contributed by atoms with E-state index >= 15 is 0 Å². The smallest absolute Gasteiger partial charge is 0.0351 e. The molecule has 2 aliphatic carbocycles. The molecule has 0 aromatic carbocycles. The molecule has 0 N–H and O–H groups in total. The van der Waals surface area contributed by atoms with Crippen molar-refractivity contribution in [3.63, 3.8) is 0 Å². The topological polar surface area (TPSA) is 18.5 Å². The third-order valence-electron chi connectivity index (χ3n) is 2.62. The van der Waals surface area contributed by atoms with E-state index in [9.17, 15) is 0 Å². The standard InChI is InChI=1S/C12H14.2C2H6O/c1-3-4-5-11-9(2)6-7-10-8-12(10)11;2*1-3-2/h3-7,10,12H,2,8H2,1H3;2*1-2H3/b4-3-,11-5+;;. The fourth-order valence-electron chi connectivity index (χ4n) is 1.79. The Bertz CT molecular complexity index is 322. The summed E-state index contributed by atoms with van der Waals surface area (Å²) in [5.74, 6) is 1.62. The van der Waals surface area contributed by atoms with Crippen LogP contribution in [-0.2, 0) is 9.47 Å². The third-order valence-corrected chi connectivity index (χ3v) is 2.62. The van der Waals surface area contributed by atoms with Crippen LogP contribution in [0.25, 0.3) is 0 Å². The summed E-state index contributed by atoms with van der Waals surface area (Å²) >= 11 is 0. The van der Waals surface area contributed by atoms with Crippen molar-refractivity contribution in [1.82, 2.24) is 0 Å². The molecule has 2 aliphatic rings. The molecule has 2 atom stereocenters. The molecule has 0 saturated heterocycles. The highest BCUT2D eigenvalue weighted by molar-refractivity contribution is 5.48. The van der Waals surface area contributed by atoms with Crippen molar-refractivity contribution < 1.29 is 9.47 Å². The molecular formula is C16H26O2. The van der Waals surface area contributed by atoms with E-state index in [1.54, 1.807) is 28.4 Å². The lowest BCUT2D eigenvalue weighted by atomic mass is 9.96. The lowest BCUT2D eigenvalue weighted by molar-refractivity contribution is 0.277. The minimum atomic E-state index is 0.790. The average Bonchev–Trinajstić information content (AvgIpc) is 3.09. The highest BCUT2D eigenvalue weighted by Gasteiger charge is 2.40. The van der Waals surface area contributed by atoms with Gasteiger partial charge in [0.05, 0.1) is 0 Å². The van der Waals surface area contributed by atoms with Crippen LogP contribution in [0, 0.1) is 11.8 Å². The SMILES string of the molecule is C=C1C=CC2CC2/C1=C/C=C\C.COC.COC. The van der Waals surface area contributed by atoms with E-state index in [4.69, 9.17) is 0 Å². The quantitative estimate of drug-likeness (QED) is 0.705. The van der Waals surface area contributed by atoms with Gasteiger partial charge in [-0.15, -0.1) is 0 Å². The number of ether oxygens (including phenoxy) is 2. The van der Waals surface area contributed by atoms with E-state index in [-0.39, 0.29) is 0 Å². The molecule has 0 spiro atoms. The van der Waals surface area contributed by atoms with Gasteiger partial charge < -0.3 is 9.47 Å². The van der Waals surface area contributed by atoms with Crippen LogP contribution < -0.4 is 0 Å². The molecule has 1 fully saturated rings. The Morgan fingerprint density at radius 2 is 1.78 bits per heavy atom. The number of fused-ring (bicyclic) bond motifs is 1. The minimum absolute atomic E-state index is 0.790. The van der Waals surface area contributed by atoms with Crippen LogP contribution >= 0.6 is 0 Å². The molecule has 0 bridgehead atoms. The van der Waals surface area contributed by atoms with Crippen LogP contribution in [0.5, 0.6) is 0 Å². The Morgan fingerprint density at radius 1 is 1.22 bits per heavy atom. The van der Waals surface area contributed by atoms with Gasteiger partial charge in [-0.1, -0.05) is 37.0 Å². The van der Waals surface area contributed by atoms with Crippen molar-refractivity contribution in [2.24, 2.45) is 11.8 Å². The van der Waals surface area contributed by atoms with E-state index < -0.39 is 0 Å². The molecule has 2 nitrogen and oxygen atoms in total. The van der Waals surface area contributed by atoms with Crippen LogP contribution in [0.1, 0.15) is 13.3 Å². The van der Waals surface area contributed by atoms with Crippen LogP contribution in [0.3, 0.4) is 0 Å². The van der Waals surface area contributed by atoms with Crippen molar-refractivity contribution in [2.45, 2.75) is 13.3 Å². The van der Waals surface area contributed by atoms with Gasteiger partial charge in [-0.05, 0) is 36.3 Å². The zero-order valence-electron chi connectivity index (χ0n) is 12.3. The van der Waals surface area contributed by atoms with Crippen LogP contribution in [0.2, 0.25) is 0 Å². The molecule has 0 aliphatic heterocycles. The van der Waals surface area contributed by atoms with Crippen molar-refractivity contribution >= 4 is 0 Å². The second kappa shape index (κ2) is 9.86. The van der Waals surface area contributed by atoms with E-state index in [1.165, 1.54) is 17.6 Å². The maximum atomic E-state index is 4.25. The van der Waals surface area contributed by atoms with E-state index in [1.807, 2.05) is 6.92 Å².